The molecule has 0 aliphatic rings. The van der Waals surface area contributed by atoms with E-state index in [1.165, 1.54) is 23.1 Å². The molecule has 0 atom stereocenters. The fourth-order valence-electron chi connectivity index (χ4n) is 2.93. The molecule has 0 saturated heterocycles. The highest BCUT2D eigenvalue weighted by Crippen LogP contribution is 2.34. The van der Waals surface area contributed by atoms with Gasteiger partial charge in [0.05, 0.1) is 25.3 Å². The zero-order chi connectivity index (χ0) is 24.0. The summed E-state index contributed by atoms with van der Waals surface area (Å²) in [6.07, 6.45) is 1.48. The number of nitrogens with one attached hydrogen (secondary N) is 2. The van der Waals surface area contributed by atoms with E-state index in [4.69, 9.17) is 21.7 Å². The Hall–Kier alpha value is -3.38. The summed E-state index contributed by atoms with van der Waals surface area (Å²) in [6.45, 7) is 5.75. The molecule has 174 valence electrons. The molecule has 9 nitrogen and oxygen atoms in total. The van der Waals surface area contributed by atoms with Crippen molar-refractivity contribution in [3.8, 4) is 0 Å². The van der Waals surface area contributed by atoms with Crippen molar-refractivity contribution in [2.24, 2.45) is 0 Å². The number of esters is 2. The minimum absolute atomic E-state index is 0.112. The van der Waals surface area contributed by atoms with Crippen molar-refractivity contribution in [1.82, 2.24) is 14.8 Å². The lowest BCUT2D eigenvalue weighted by Crippen LogP contribution is -2.21. The maximum absolute atomic E-state index is 13.4. The van der Waals surface area contributed by atoms with Crippen molar-refractivity contribution in [2.75, 3.05) is 23.8 Å². The normalized spacial score (nSPS) is 10.5. The van der Waals surface area contributed by atoms with Gasteiger partial charge in [-0.1, -0.05) is 12.1 Å². The van der Waals surface area contributed by atoms with Crippen LogP contribution in [0.5, 0.6) is 0 Å². The van der Waals surface area contributed by atoms with Crippen molar-refractivity contribution in [3.05, 3.63) is 58.0 Å². The van der Waals surface area contributed by atoms with Crippen LogP contribution < -0.4 is 10.6 Å². The van der Waals surface area contributed by atoms with E-state index in [0.29, 0.717) is 17.1 Å². The van der Waals surface area contributed by atoms with Crippen LogP contribution in [0.15, 0.2) is 30.6 Å². The molecule has 3 rings (SSSR count). The molecule has 0 unspecified atom stereocenters. The molecule has 2 aromatic heterocycles. The highest BCUT2D eigenvalue weighted by atomic mass is 32.1. The number of thiocarbonyl (C=S) groups is 1. The molecule has 0 aliphatic heterocycles. The average Bonchev–Trinajstić information content (AvgIpc) is 3.32. The Labute approximate surface area is 198 Å². The molecule has 0 radical (unpaired) electrons. The fraction of sp³-hybridized carbons (Fsp3) is 0.286. The number of rotatable bonds is 8. The van der Waals surface area contributed by atoms with Gasteiger partial charge in [-0.2, -0.15) is 0 Å². The maximum atomic E-state index is 13.4. The average molecular weight is 492 g/mol. The molecule has 33 heavy (non-hydrogen) atoms. The third kappa shape index (κ3) is 6.11. The quantitative estimate of drug-likeness (QED) is 0.357. The summed E-state index contributed by atoms with van der Waals surface area (Å²) in [5.74, 6) is -1.23. The Morgan fingerprint density at radius 3 is 2.61 bits per heavy atom. The van der Waals surface area contributed by atoms with Crippen LogP contribution in [0, 0.1) is 12.7 Å². The highest BCUT2D eigenvalue weighted by Gasteiger charge is 2.27. The number of carbonyl (C=O) groups is 2. The van der Waals surface area contributed by atoms with E-state index in [1.807, 2.05) is 0 Å². The number of nitrogens with zero attached hydrogens (tertiary/aromatic N) is 3. The third-order valence-corrected chi connectivity index (χ3v) is 5.70. The predicted octanol–water partition coefficient (Wildman–Crippen LogP) is 4.00. The molecule has 0 aliphatic carbocycles. The molecule has 0 bridgehead atoms. The van der Waals surface area contributed by atoms with E-state index >= 15 is 0 Å². The van der Waals surface area contributed by atoms with Crippen LogP contribution in [0.3, 0.4) is 0 Å². The Kier molecular flexibility index (Phi) is 8.06. The van der Waals surface area contributed by atoms with E-state index in [0.717, 1.165) is 16.9 Å². The first kappa shape index (κ1) is 24.3. The van der Waals surface area contributed by atoms with Crippen LogP contribution >= 0.6 is 23.6 Å². The molecule has 12 heteroatoms. The summed E-state index contributed by atoms with van der Waals surface area (Å²) < 4.78 is 25.1. The summed E-state index contributed by atoms with van der Waals surface area (Å²) >= 11 is 6.37. The Bertz CT molecular complexity index is 1180. The largest absolute Gasteiger partial charge is 0.462 e. The van der Waals surface area contributed by atoms with E-state index in [9.17, 15) is 14.0 Å². The zero-order valence-corrected chi connectivity index (χ0v) is 19.8. The number of carbonyl (C=O) groups excluding carboxylic acids is 2. The number of aromatic nitrogens is 3. The zero-order valence-electron chi connectivity index (χ0n) is 18.2. The van der Waals surface area contributed by atoms with E-state index < -0.39 is 11.9 Å². The van der Waals surface area contributed by atoms with Gasteiger partial charge in [0.25, 0.3) is 0 Å². The number of benzene rings is 1. The van der Waals surface area contributed by atoms with Crippen molar-refractivity contribution in [3.63, 3.8) is 0 Å². The second-order valence-electron chi connectivity index (χ2n) is 6.68. The second kappa shape index (κ2) is 11.0. The lowest BCUT2D eigenvalue weighted by molar-refractivity contribution is 0.0527. The van der Waals surface area contributed by atoms with Gasteiger partial charge in [-0.25, -0.2) is 23.6 Å². The SMILES string of the molecule is CCOC(=O)c1sc(NC(=S)Nc2ncn(Cc3cccc(F)c3)n2)c(C(=O)OCC)c1C. The highest BCUT2D eigenvalue weighted by molar-refractivity contribution is 7.80. The van der Waals surface area contributed by atoms with Gasteiger partial charge in [0.15, 0.2) is 5.11 Å². The Balaban J connectivity index is 1.74. The summed E-state index contributed by atoms with van der Waals surface area (Å²) in [7, 11) is 0. The van der Waals surface area contributed by atoms with Gasteiger partial charge in [0.1, 0.15) is 22.0 Å². The van der Waals surface area contributed by atoms with Crippen LogP contribution in [-0.4, -0.2) is 45.0 Å². The fourth-order valence-corrected chi connectivity index (χ4v) is 4.28. The molecular weight excluding hydrogens is 469 g/mol. The standard InChI is InChI=1S/C21H22FN5O4S2/c1-4-30-18(28)15-12(3)16(19(29)31-5-2)33-17(15)24-21(32)25-20-23-11-27(26-20)10-13-7-6-8-14(22)9-13/h6-9,11H,4-5,10H2,1-3H3,(H2,24,25,26,32). The Morgan fingerprint density at radius 2 is 1.91 bits per heavy atom. The number of ether oxygens (including phenoxy) is 2. The predicted molar refractivity (Wildman–Crippen MR) is 126 cm³/mol. The Morgan fingerprint density at radius 1 is 1.18 bits per heavy atom. The van der Waals surface area contributed by atoms with E-state index in [-0.39, 0.29) is 40.5 Å². The van der Waals surface area contributed by atoms with Crippen LogP contribution in [0.4, 0.5) is 15.3 Å². The van der Waals surface area contributed by atoms with Crippen molar-refractivity contribution in [1.29, 1.82) is 0 Å². The van der Waals surface area contributed by atoms with Crippen molar-refractivity contribution in [2.45, 2.75) is 27.3 Å². The minimum atomic E-state index is -0.579. The monoisotopic (exact) mass is 491 g/mol. The number of hydrogen-bond donors (Lipinski definition) is 2. The first-order chi connectivity index (χ1) is 15.8. The number of thiophene rings is 1. The van der Waals surface area contributed by atoms with Crippen LogP contribution in [0.2, 0.25) is 0 Å². The number of halogens is 1. The molecule has 0 fully saturated rings. The number of anilines is 2. The van der Waals surface area contributed by atoms with Gasteiger partial charge < -0.3 is 14.8 Å². The molecule has 0 spiro atoms. The third-order valence-electron chi connectivity index (χ3n) is 4.31. The maximum Gasteiger partial charge on any atom is 0.348 e. The molecule has 2 heterocycles. The van der Waals surface area contributed by atoms with Gasteiger partial charge in [-0.05, 0) is 56.2 Å². The number of hydrogen-bond acceptors (Lipinski definition) is 8. The van der Waals surface area contributed by atoms with E-state index in [2.05, 4.69) is 20.7 Å². The van der Waals surface area contributed by atoms with Gasteiger partial charge in [-0.15, -0.1) is 16.4 Å². The van der Waals surface area contributed by atoms with Gasteiger partial charge >= 0.3 is 11.9 Å². The second-order valence-corrected chi connectivity index (χ2v) is 8.10. The molecule has 3 aromatic rings. The topological polar surface area (TPSA) is 107 Å². The lowest BCUT2D eigenvalue weighted by Gasteiger charge is -2.09. The first-order valence-electron chi connectivity index (χ1n) is 10.0. The molecule has 1 aromatic carbocycles. The van der Waals surface area contributed by atoms with E-state index in [1.54, 1.807) is 32.9 Å². The van der Waals surface area contributed by atoms with Gasteiger partial charge in [-0.3, -0.25) is 5.32 Å². The van der Waals surface area contributed by atoms with Crippen LogP contribution in [0.25, 0.3) is 0 Å². The van der Waals surface area contributed by atoms with Crippen LogP contribution in [-0.2, 0) is 16.0 Å². The molecule has 0 saturated carbocycles. The smallest absolute Gasteiger partial charge is 0.348 e. The summed E-state index contributed by atoms with van der Waals surface area (Å²) in [5, 5.41) is 10.5. The summed E-state index contributed by atoms with van der Waals surface area (Å²) in [5.41, 5.74) is 1.38. The van der Waals surface area contributed by atoms with Crippen LogP contribution in [0.1, 0.15) is 45.0 Å². The van der Waals surface area contributed by atoms with Crippen molar-refractivity contribution < 1.29 is 23.5 Å². The minimum Gasteiger partial charge on any atom is -0.462 e. The van der Waals surface area contributed by atoms with Gasteiger partial charge in [0.2, 0.25) is 5.95 Å². The van der Waals surface area contributed by atoms with Gasteiger partial charge in [0, 0.05) is 0 Å². The first-order valence-corrected chi connectivity index (χ1v) is 11.2. The molecule has 2 N–H and O–H groups in total. The summed E-state index contributed by atoms with van der Waals surface area (Å²) in [4.78, 5) is 29.2. The molecule has 0 amide bonds. The molecular formula is C21H22FN5O4S2. The lowest BCUT2D eigenvalue weighted by atomic mass is 10.1. The van der Waals surface area contributed by atoms with Crippen molar-refractivity contribution >= 4 is 51.6 Å². The summed E-state index contributed by atoms with van der Waals surface area (Å²) in [6, 6.07) is 6.18.